The molecule has 0 bridgehead atoms. The molecule has 0 unspecified atom stereocenters. The van der Waals surface area contributed by atoms with Gasteiger partial charge in [-0.25, -0.2) is 0 Å². The molecule has 0 spiro atoms. The summed E-state index contributed by atoms with van der Waals surface area (Å²) in [6.45, 7) is 38.3. The Labute approximate surface area is 357 Å². The fraction of sp³-hybridized carbons (Fsp3) is 0.390. The Morgan fingerprint density at radius 2 is 0.610 bits per heavy atom. The van der Waals surface area contributed by atoms with Gasteiger partial charge in [-0.2, -0.15) is 0 Å². The lowest BCUT2D eigenvalue weighted by Gasteiger charge is -2.42. The van der Waals surface area contributed by atoms with E-state index in [1.54, 1.807) is 0 Å². The molecule has 304 valence electrons. The highest BCUT2D eigenvalue weighted by Gasteiger charge is 2.50. The summed E-state index contributed by atoms with van der Waals surface area (Å²) in [6.07, 6.45) is 0. The number of fused-ring (bicyclic) bond motifs is 6. The van der Waals surface area contributed by atoms with Crippen LogP contribution in [0.2, 0.25) is 0 Å². The van der Waals surface area contributed by atoms with E-state index in [4.69, 9.17) is 0 Å². The Bertz CT molecular complexity index is 2410. The summed E-state index contributed by atoms with van der Waals surface area (Å²) in [6, 6.07) is 48.2. The van der Waals surface area contributed by atoms with Crippen LogP contribution in [0, 0.1) is 0 Å². The first-order chi connectivity index (χ1) is 27.3. The van der Waals surface area contributed by atoms with Gasteiger partial charge in [0.15, 0.2) is 0 Å². The topological polar surface area (TPSA) is 0 Å². The number of hydrogen-bond acceptors (Lipinski definition) is 0. The normalized spacial score (nSPS) is 15.7. The van der Waals surface area contributed by atoms with Gasteiger partial charge in [-0.1, -0.05) is 232 Å². The third kappa shape index (κ3) is 6.30. The Hall–Kier alpha value is -4.68. The average molecular weight is 777 g/mol. The average Bonchev–Trinajstić information content (AvgIpc) is 3.53. The molecular weight excluding hydrogens is 709 g/mol. The maximum Gasteiger partial charge on any atom is 0.0713 e. The second kappa shape index (κ2) is 13.2. The zero-order chi connectivity index (χ0) is 42.9. The van der Waals surface area contributed by atoms with Gasteiger partial charge in [-0.15, -0.1) is 0 Å². The summed E-state index contributed by atoms with van der Waals surface area (Å²) >= 11 is 0. The van der Waals surface area contributed by atoms with Gasteiger partial charge in [0.2, 0.25) is 0 Å². The summed E-state index contributed by atoms with van der Waals surface area (Å²) in [5.74, 6) is 0. The van der Waals surface area contributed by atoms with Crippen LogP contribution in [-0.4, -0.2) is 0 Å². The SMILES string of the molecule is CC(C)(C)c1ccc2c(c1)C(C)(C)c1cc(C(C)(C)C)cc(C(c3ccccc3)(c3ccccc3)c3cc(C(C)(C)C)cc4c3-c3ccc(C(C)(C)C)cc3C4(C)C)c1-2. The van der Waals surface area contributed by atoms with Crippen molar-refractivity contribution in [3.8, 4) is 22.3 Å². The lowest BCUT2D eigenvalue weighted by molar-refractivity contribution is 0.576. The molecule has 6 aromatic carbocycles. The minimum atomic E-state index is -0.681. The molecular formula is C59H68. The molecule has 59 heavy (non-hydrogen) atoms. The van der Waals surface area contributed by atoms with Gasteiger partial charge >= 0.3 is 0 Å². The number of rotatable bonds is 4. The Morgan fingerprint density at radius 1 is 0.305 bits per heavy atom. The molecule has 6 aromatic rings. The van der Waals surface area contributed by atoms with Gasteiger partial charge in [0.05, 0.1) is 5.41 Å². The summed E-state index contributed by atoms with van der Waals surface area (Å²) in [5.41, 5.74) is 20.9. The summed E-state index contributed by atoms with van der Waals surface area (Å²) in [4.78, 5) is 0. The third-order valence-corrected chi connectivity index (χ3v) is 14.2. The highest BCUT2D eigenvalue weighted by molar-refractivity contribution is 5.91. The molecule has 0 aliphatic heterocycles. The Kier molecular flexibility index (Phi) is 9.16. The summed E-state index contributed by atoms with van der Waals surface area (Å²) < 4.78 is 0. The predicted octanol–water partition coefficient (Wildman–Crippen LogP) is 15.9. The van der Waals surface area contributed by atoms with E-state index in [1.807, 2.05) is 0 Å². The van der Waals surface area contributed by atoms with E-state index in [0.29, 0.717) is 0 Å². The molecule has 0 aromatic heterocycles. The van der Waals surface area contributed by atoms with Crippen molar-refractivity contribution in [2.75, 3.05) is 0 Å². The maximum absolute atomic E-state index is 2.63. The van der Waals surface area contributed by atoms with E-state index in [2.05, 4.69) is 232 Å². The van der Waals surface area contributed by atoms with Crippen molar-refractivity contribution in [2.45, 2.75) is 149 Å². The summed E-state index contributed by atoms with van der Waals surface area (Å²) in [7, 11) is 0. The monoisotopic (exact) mass is 777 g/mol. The molecule has 2 aliphatic rings. The molecule has 0 N–H and O–H groups in total. The van der Waals surface area contributed by atoms with Gasteiger partial charge in [0, 0.05) is 10.8 Å². The van der Waals surface area contributed by atoms with E-state index in [9.17, 15) is 0 Å². The molecule has 0 saturated heterocycles. The van der Waals surface area contributed by atoms with E-state index in [-0.39, 0.29) is 32.5 Å². The van der Waals surface area contributed by atoms with Crippen LogP contribution in [-0.2, 0) is 37.9 Å². The van der Waals surface area contributed by atoms with Gasteiger partial charge in [0.25, 0.3) is 0 Å². The fourth-order valence-corrected chi connectivity index (χ4v) is 10.4. The van der Waals surface area contributed by atoms with E-state index < -0.39 is 5.41 Å². The standard InChI is InChI=1S/C59H68/c1-53(2,3)39-27-29-43-45(31-39)57(13,14)47-33-41(55(7,8)9)35-49(51(43)47)59(37-23-19-17-20-24-37,38-25-21-18-22-26-38)50-36-42(56(10,11)12)34-48-52(50)44-30-28-40(54(4,5)6)32-46(44)58(48,15)16/h17-36H,1-16H3. The van der Waals surface area contributed by atoms with Crippen LogP contribution in [0.4, 0.5) is 0 Å². The van der Waals surface area contributed by atoms with Crippen molar-refractivity contribution in [2.24, 2.45) is 0 Å². The highest BCUT2D eigenvalue weighted by atomic mass is 14.5. The van der Waals surface area contributed by atoms with Gasteiger partial charge < -0.3 is 0 Å². The smallest absolute Gasteiger partial charge is 0.0622 e. The zero-order valence-electron chi connectivity index (χ0n) is 39.0. The van der Waals surface area contributed by atoms with Crippen LogP contribution in [0.3, 0.4) is 0 Å². The minimum Gasteiger partial charge on any atom is -0.0622 e. The Balaban J connectivity index is 1.65. The second-order valence-electron chi connectivity index (χ2n) is 23.1. The molecule has 2 aliphatic carbocycles. The number of hydrogen-bond donors (Lipinski definition) is 0. The van der Waals surface area contributed by atoms with Crippen LogP contribution in [0.1, 0.15) is 178 Å². The quantitative estimate of drug-likeness (QED) is 0.156. The summed E-state index contributed by atoms with van der Waals surface area (Å²) in [5, 5.41) is 0. The van der Waals surface area contributed by atoms with Crippen LogP contribution in [0.25, 0.3) is 22.3 Å². The van der Waals surface area contributed by atoms with Crippen LogP contribution in [0.5, 0.6) is 0 Å². The van der Waals surface area contributed by atoms with Crippen molar-refractivity contribution < 1.29 is 0 Å². The van der Waals surface area contributed by atoms with Crippen molar-refractivity contribution >= 4 is 0 Å². The minimum absolute atomic E-state index is 0.0398. The molecule has 0 atom stereocenters. The van der Waals surface area contributed by atoms with Gasteiger partial charge in [-0.05, 0) is 111 Å². The fourth-order valence-electron chi connectivity index (χ4n) is 10.4. The van der Waals surface area contributed by atoms with Gasteiger partial charge in [0.1, 0.15) is 0 Å². The van der Waals surface area contributed by atoms with Crippen molar-refractivity contribution in [3.63, 3.8) is 0 Å². The lowest BCUT2D eigenvalue weighted by atomic mass is 9.60. The molecule has 0 saturated carbocycles. The third-order valence-electron chi connectivity index (χ3n) is 14.2. The van der Waals surface area contributed by atoms with E-state index >= 15 is 0 Å². The van der Waals surface area contributed by atoms with Crippen LogP contribution < -0.4 is 0 Å². The van der Waals surface area contributed by atoms with Crippen molar-refractivity contribution in [1.29, 1.82) is 0 Å². The zero-order valence-corrected chi connectivity index (χ0v) is 39.0. The first-order valence-electron chi connectivity index (χ1n) is 22.1. The maximum atomic E-state index is 2.63. The number of benzene rings is 6. The van der Waals surface area contributed by atoms with Crippen LogP contribution >= 0.6 is 0 Å². The largest absolute Gasteiger partial charge is 0.0713 e. The van der Waals surface area contributed by atoms with E-state index in [1.165, 1.54) is 89.0 Å². The second-order valence-corrected chi connectivity index (χ2v) is 23.1. The van der Waals surface area contributed by atoms with E-state index in [0.717, 1.165) is 0 Å². The first-order valence-corrected chi connectivity index (χ1v) is 22.1. The predicted molar refractivity (Wildman–Crippen MR) is 255 cm³/mol. The molecule has 8 rings (SSSR count). The lowest BCUT2D eigenvalue weighted by Crippen LogP contribution is -2.34. The van der Waals surface area contributed by atoms with Crippen molar-refractivity contribution in [1.82, 2.24) is 0 Å². The highest BCUT2D eigenvalue weighted by Crippen LogP contribution is 2.61. The molecule has 0 fully saturated rings. The van der Waals surface area contributed by atoms with Crippen molar-refractivity contribution in [3.05, 3.63) is 188 Å². The molecule has 0 nitrogen and oxygen atoms in total. The molecule has 0 heterocycles. The molecule has 0 amide bonds. The molecule has 0 radical (unpaired) electrons. The Morgan fingerprint density at radius 3 is 0.915 bits per heavy atom. The molecule has 0 heteroatoms. The van der Waals surface area contributed by atoms with Gasteiger partial charge in [-0.3, -0.25) is 0 Å². The first kappa shape index (κ1) is 41.1. The van der Waals surface area contributed by atoms with Crippen LogP contribution in [0.15, 0.2) is 121 Å².